The molecule has 1 fully saturated rings. The number of carbonyl (C=O) groups is 1. The van der Waals surface area contributed by atoms with Crippen LogP contribution in [0.25, 0.3) is 0 Å². The summed E-state index contributed by atoms with van der Waals surface area (Å²) in [4.78, 5) is 14.6. The molecule has 3 rings (SSSR count). The minimum atomic E-state index is 0.139. The lowest BCUT2D eigenvalue weighted by Crippen LogP contribution is -2.46. The molecule has 4 nitrogen and oxygen atoms in total. The first-order valence-corrected chi connectivity index (χ1v) is 7.14. The van der Waals surface area contributed by atoms with Gasteiger partial charge in [0.25, 0.3) is 5.91 Å². The second kappa shape index (κ2) is 4.83. The van der Waals surface area contributed by atoms with E-state index in [4.69, 9.17) is 0 Å². The third kappa shape index (κ3) is 2.31. The fourth-order valence-corrected chi connectivity index (χ4v) is 3.43. The number of amides is 1. The van der Waals surface area contributed by atoms with Gasteiger partial charge in [0.1, 0.15) is 0 Å². The van der Waals surface area contributed by atoms with Crippen molar-refractivity contribution in [1.29, 1.82) is 0 Å². The highest BCUT2D eigenvalue weighted by Gasteiger charge is 2.37. The molecule has 1 N–H and O–H groups in total. The Morgan fingerprint density at radius 1 is 1.42 bits per heavy atom. The van der Waals surface area contributed by atoms with E-state index < -0.39 is 0 Å². The number of aromatic amines is 1. The molecule has 1 amide bonds. The van der Waals surface area contributed by atoms with Crippen LogP contribution < -0.4 is 0 Å². The molecular formula is C15H21N3O. The predicted molar refractivity (Wildman–Crippen MR) is 73.9 cm³/mol. The van der Waals surface area contributed by atoms with Crippen LogP contribution in [0.5, 0.6) is 0 Å². The van der Waals surface area contributed by atoms with E-state index in [1.54, 1.807) is 6.20 Å². The van der Waals surface area contributed by atoms with Crippen LogP contribution in [-0.2, 0) is 0 Å². The van der Waals surface area contributed by atoms with Crippen LogP contribution in [0, 0.1) is 12.3 Å². The van der Waals surface area contributed by atoms with Crippen molar-refractivity contribution in [1.82, 2.24) is 15.1 Å². The zero-order valence-electron chi connectivity index (χ0n) is 11.5. The zero-order chi connectivity index (χ0) is 13.3. The summed E-state index contributed by atoms with van der Waals surface area (Å²) in [5.41, 5.74) is 1.93. The second-order valence-electron chi connectivity index (χ2n) is 5.95. The highest BCUT2D eigenvalue weighted by atomic mass is 16.2. The second-order valence-corrected chi connectivity index (χ2v) is 5.95. The largest absolute Gasteiger partial charge is 0.338 e. The Labute approximate surface area is 113 Å². The lowest BCUT2D eigenvalue weighted by atomic mass is 9.71. The Morgan fingerprint density at radius 3 is 3.00 bits per heavy atom. The van der Waals surface area contributed by atoms with Crippen LogP contribution in [0.2, 0.25) is 0 Å². The summed E-state index contributed by atoms with van der Waals surface area (Å²) in [7, 11) is 0. The van der Waals surface area contributed by atoms with Crippen LogP contribution in [0.1, 0.15) is 48.2 Å². The quantitative estimate of drug-likeness (QED) is 0.788. The first-order chi connectivity index (χ1) is 9.20. The summed E-state index contributed by atoms with van der Waals surface area (Å²) in [6, 6.07) is 0. The molecule has 1 spiro atoms. The molecule has 0 radical (unpaired) electrons. The highest BCUT2D eigenvalue weighted by molar-refractivity contribution is 5.95. The maximum atomic E-state index is 12.6. The van der Waals surface area contributed by atoms with Crippen LogP contribution >= 0.6 is 0 Å². The van der Waals surface area contributed by atoms with E-state index in [1.807, 2.05) is 11.8 Å². The Kier molecular flexibility index (Phi) is 3.17. The summed E-state index contributed by atoms with van der Waals surface area (Å²) < 4.78 is 0. The lowest BCUT2D eigenvalue weighted by molar-refractivity contribution is 0.0484. The van der Waals surface area contributed by atoms with Gasteiger partial charge in [-0.05, 0) is 44.4 Å². The third-order valence-corrected chi connectivity index (χ3v) is 4.57. The highest BCUT2D eigenvalue weighted by Crippen LogP contribution is 2.41. The van der Waals surface area contributed by atoms with E-state index in [9.17, 15) is 4.79 Å². The van der Waals surface area contributed by atoms with Gasteiger partial charge in [-0.2, -0.15) is 5.10 Å². The number of aromatic nitrogens is 2. The molecule has 102 valence electrons. The third-order valence-electron chi connectivity index (χ3n) is 4.57. The molecule has 1 aromatic heterocycles. The van der Waals surface area contributed by atoms with Crippen LogP contribution in [0.3, 0.4) is 0 Å². The number of H-pyrrole nitrogens is 1. The van der Waals surface area contributed by atoms with Crippen LogP contribution in [0.4, 0.5) is 0 Å². The zero-order valence-corrected chi connectivity index (χ0v) is 11.5. The van der Waals surface area contributed by atoms with Gasteiger partial charge in [0, 0.05) is 18.8 Å². The number of nitrogens with zero attached hydrogens (tertiary/aromatic N) is 2. The maximum absolute atomic E-state index is 12.6. The SMILES string of the molecule is Cc1[nH]ncc1C(=O)N1CCCC2(CC=CCC2)C1. The fourth-order valence-electron chi connectivity index (χ4n) is 3.43. The molecule has 1 aliphatic carbocycles. The van der Waals surface area contributed by atoms with E-state index in [0.29, 0.717) is 5.41 Å². The van der Waals surface area contributed by atoms with Crippen molar-refractivity contribution in [2.45, 2.75) is 39.0 Å². The molecule has 2 heterocycles. The topological polar surface area (TPSA) is 49.0 Å². The normalized spacial score (nSPS) is 26.9. The number of hydrogen-bond donors (Lipinski definition) is 1. The number of aryl methyl sites for hydroxylation is 1. The molecule has 1 aliphatic heterocycles. The van der Waals surface area contributed by atoms with Gasteiger partial charge in [-0.25, -0.2) is 0 Å². The van der Waals surface area contributed by atoms with Crippen molar-refractivity contribution in [3.63, 3.8) is 0 Å². The number of nitrogens with one attached hydrogen (secondary N) is 1. The summed E-state index contributed by atoms with van der Waals surface area (Å²) in [6.45, 7) is 3.69. The van der Waals surface area contributed by atoms with E-state index in [0.717, 1.165) is 43.6 Å². The van der Waals surface area contributed by atoms with E-state index in [2.05, 4.69) is 22.3 Å². The molecule has 2 aliphatic rings. The number of likely N-dealkylation sites (tertiary alicyclic amines) is 1. The van der Waals surface area contributed by atoms with Gasteiger partial charge in [0.15, 0.2) is 0 Å². The minimum absolute atomic E-state index is 0.139. The first-order valence-electron chi connectivity index (χ1n) is 7.14. The van der Waals surface area contributed by atoms with Crippen LogP contribution in [-0.4, -0.2) is 34.1 Å². The van der Waals surface area contributed by atoms with Crippen molar-refractivity contribution in [2.24, 2.45) is 5.41 Å². The molecule has 1 atom stereocenters. The van der Waals surface area contributed by atoms with Crippen molar-refractivity contribution in [2.75, 3.05) is 13.1 Å². The number of allylic oxidation sites excluding steroid dienone is 2. The standard InChI is InChI=1S/C15H21N3O/c1-12-13(10-16-17-12)14(19)18-9-5-8-15(11-18)6-3-2-4-7-15/h2-3,10H,4-9,11H2,1H3,(H,16,17). The van der Waals surface area contributed by atoms with E-state index in [1.165, 1.54) is 12.8 Å². The lowest BCUT2D eigenvalue weighted by Gasteiger charge is -2.43. The Morgan fingerprint density at radius 2 is 2.32 bits per heavy atom. The summed E-state index contributed by atoms with van der Waals surface area (Å²) >= 11 is 0. The fraction of sp³-hybridized carbons (Fsp3) is 0.600. The van der Waals surface area contributed by atoms with Crippen molar-refractivity contribution in [3.05, 3.63) is 29.6 Å². The average molecular weight is 259 g/mol. The van der Waals surface area contributed by atoms with Gasteiger partial charge < -0.3 is 4.90 Å². The van der Waals surface area contributed by atoms with E-state index >= 15 is 0 Å². The van der Waals surface area contributed by atoms with Crippen molar-refractivity contribution < 1.29 is 4.79 Å². The molecule has 1 aromatic rings. The number of piperidine rings is 1. The van der Waals surface area contributed by atoms with Crippen molar-refractivity contribution in [3.8, 4) is 0 Å². The number of carbonyl (C=O) groups excluding carboxylic acids is 1. The minimum Gasteiger partial charge on any atom is -0.338 e. The van der Waals surface area contributed by atoms with E-state index in [-0.39, 0.29) is 5.91 Å². The smallest absolute Gasteiger partial charge is 0.257 e. The molecule has 1 unspecified atom stereocenters. The Hall–Kier alpha value is -1.58. The van der Waals surface area contributed by atoms with Gasteiger partial charge >= 0.3 is 0 Å². The van der Waals surface area contributed by atoms with Crippen molar-refractivity contribution >= 4 is 5.91 Å². The number of hydrogen-bond acceptors (Lipinski definition) is 2. The molecule has 4 heteroatoms. The molecule has 0 bridgehead atoms. The monoisotopic (exact) mass is 259 g/mol. The van der Waals surface area contributed by atoms with Crippen LogP contribution in [0.15, 0.2) is 18.3 Å². The molecular weight excluding hydrogens is 238 g/mol. The Balaban J connectivity index is 1.77. The Bertz CT molecular complexity index is 505. The summed E-state index contributed by atoms with van der Waals surface area (Å²) in [5, 5.41) is 6.81. The van der Waals surface area contributed by atoms with Gasteiger partial charge in [0.05, 0.1) is 11.8 Å². The molecule has 1 saturated heterocycles. The maximum Gasteiger partial charge on any atom is 0.257 e. The van der Waals surface area contributed by atoms with Gasteiger partial charge in [-0.3, -0.25) is 9.89 Å². The molecule has 0 saturated carbocycles. The molecule has 19 heavy (non-hydrogen) atoms. The summed E-state index contributed by atoms with van der Waals surface area (Å²) in [6.07, 6.45) is 12.1. The first kappa shape index (κ1) is 12.5. The van der Waals surface area contributed by atoms with Gasteiger partial charge in [0.2, 0.25) is 0 Å². The summed E-state index contributed by atoms with van der Waals surface area (Å²) in [5.74, 6) is 0.139. The van der Waals surface area contributed by atoms with Gasteiger partial charge in [-0.15, -0.1) is 0 Å². The van der Waals surface area contributed by atoms with Gasteiger partial charge in [-0.1, -0.05) is 12.2 Å². The molecule has 0 aromatic carbocycles. The average Bonchev–Trinajstić information content (AvgIpc) is 2.85. The predicted octanol–water partition coefficient (Wildman–Crippen LogP) is 2.68. The number of rotatable bonds is 1.